The van der Waals surface area contributed by atoms with Crippen molar-refractivity contribution in [3.05, 3.63) is 61.2 Å². The number of hydrogen-bond acceptors (Lipinski definition) is 7. The van der Waals surface area contributed by atoms with Crippen molar-refractivity contribution in [3.8, 4) is 0 Å². The fourth-order valence-corrected chi connectivity index (χ4v) is 4.12. The first-order valence-corrected chi connectivity index (χ1v) is 11.8. The molecule has 0 heterocycles. The number of nitrogens with zero attached hydrogens (tertiary/aromatic N) is 3. The molecule has 7 nitrogen and oxygen atoms in total. The highest BCUT2D eigenvalue weighted by Gasteiger charge is 2.13. The molecule has 0 atom stereocenters. The normalized spacial score (nSPS) is 11.4. The molecule has 0 aliphatic rings. The van der Waals surface area contributed by atoms with Gasteiger partial charge in [-0.2, -0.15) is 10.2 Å². The molecule has 8 heteroatoms. The number of anilines is 1. The van der Waals surface area contributed by atoms with Crippen LogP contribution in [0.4, 0.5) is 17.1 Å². The van der Waals surface area contributed by atoms with Crippen LogP contribution in [0.25, 0.3) is 0 Å². The molecule has 0 saturated carbocycles. The standard InChI is InChI=1S/C23H29N3O4S/c1-4-23(27)30-17-7-5-6-8-18-31(28,29)22-15-11-20(12-16-22)25-24-19-9-13-21(14-10-19)26(2)3/h4,9-16H,1,5-8,17-18H2,2-3H3. The number of azo groups is 1. The molecule has 2 aromatic rings. The lowest BCUT2D eigenvalue weighted by Gasteiger charge is -2.11. The molecule has 0 aliphatic heterocycles. The summed E-state index contributed by atoms with van der Waals surface area (Å²) in [5.74, 6) is -0.355. The number of ether oxygens (including phenoxy) is 1. The van der Waals surface area contributed by atoms with Crippen LogP contribution in [0.3, 0.4) is 0 Å². The first-order chi connectivity index (χ1) is 14.8. The van der Waals surface area contributed by atoms with E-state index in [1.807, 2.05) is 43.3 Å². The summed E-state index contributed by atoms with van der Waals surface area (Å²) < 4.78 is 29.9. The molecule has 0 fully saturated rings. The summed E-state index contributed by atoms with van der Waals surface area (Å²) >= 11 is 0. The largest absolute Gasteiger partial charge is 0.463 e. The zero-order valence-electron chi connectivity index (χ0n) is 18.0. The fraction of sp³-hybridized carbons (Fsp3) is 0.348. The summed E-state index contributed by atoms with van der Waals surface area (Å²) in [5.41, 5.74) is 2.39. The Hall–Kier alpha value is -3.00. The third-order valence-electron chi connectivity index (χ3n) is 4.56. The van der Waals surface area contributed by atoms with Crippen molar-refractivity contribution >= 4 is 32.9 Å². The van der Waals surface area contributed by atoms with Crippen molar-refractivity contribution in [2.24, 2.45) is 10.2 Å². The van der Waals surface area contributed by atoms with Crippen molar-refractivity contribution < 1.29 is 17.9 Å². The molecule has 0 spiro atoms. The van der Waals surface area contributed by atoms with Crippen LogP contribution in [0.1, 0.15) is 25.7 Å². The Morgan fingerprint density at radius 3 is 2.03 bits per heavy atom. The minimum absolute atomic E-state index is 0.0819. The lowest BCUT2D eigenvalue weighted by molar-refractivity contribution is -0.137. The fourth-order valence-electron chi connectivity index (χ4n) is 2.75. The Morgan fingerprint density at radius 1 is 0.935 bits per heavy atom. The van der Waals surface area contributed by atoms with E-state index in [0.717, 1.165) is 30.3 Å². The Labute approximate surface area is 184 Å². The number of unbranched alkanes of at least 4 members (excludes halogenated alkanes) is 3. The van der Waals surface area contributed by atoms with Gasteiger partial charge in [0.2, 0.25) is 0 Å². The summed E-state index contributed by atoms with van der Waals surface area (Å²) in [7, 11) is 0.594. The van der Waals surface area contributed by atoms with E-state index in [2.05, 4.69) is 16.8 Å². The average molecular weight is 444 g/mol. The number of carbonyl (C=O) groups is 1. The number of benzene rings is 2. The number of rotatable bonds is 12. The van der Waals surface area contributed by atoms with Crippen LogP contribution in [0.5, 0.6) is 0 Å². The molecular weight excluding hydrogens is 414 g/mol. The van der Waals surface area contributed by atoms with Crippen LogP contribution < -0.4 is 4.90 Å². The molecule has 0 unspecified atom stereocenters. The smallest absolute Gasteiger partial charge is 0.330 e. The second kappa shape index (κ2) is 12.0. The number of carbonyl (C=O) groups excluding carboxylic acids is 1. The van der Waals surface area contributed by atoms with Gasteiger partial charge >= 0.3 is 5.97 Å². The maximum Gasteiger partial charge on any atom is 0.330 e. The van der Waals surface area contributed by atoms with E-state index in [-0.39, 0.29) is 10.6 Å². The lowest BCUT2D eigenvalue weighted by Crippen LogP contribution is -2.07. The molecule has 2 aromatic carbocycles. The zero-order chi connectivity index (χ0) is 22.7. The topological polar surface area (TPSA) is 88.4 Å². The Bertz CT molecular complexity index is 982. The molecule has 0 aromatic heterocycles. The van der Waals surface area contributed by atoms with Crippen LogP contribution >= 0.6 is 0 Å². The van der Waals surface area contributed by atoms with Crippen LogP contribution in [0.2, 0.25) is 0 Å². The average Bonchev–Trinajstić information content (AvgIpc) is 2.77. The van der Waals surface area contributed by atoms with Crippen LogP contribution in [0, 0.1) is 0 Å². The van der Waals surface area contributed by atoms with Gasteiger partial charge in [0.25, 0.3) is 0 Å². The maximum atomic E-state index is 12.5. The predicted octanol–water partition coefficient (Wildman–Crippen LogP) is 5.23. The van der Waals surface area contributed by atoms with E-state index in [4.69, 9.17) is 4.74 Å². The van der Waals surface area contributed by atoms with Gasteiger partial charge in [-0.3, -0.25) is 0 Å². The number of esters is 1. The van der Waals surface area contributed by atoms with Gasteiger partial charge in [-0.1, -0.05) is 19.4 Å². The quantitative estimate of drug-likeness (QED) is 0.194. The summed E-state index contributed by atoms with van der Waals surface area (Å²) in [4.78, 5) is 13.2. The van der Waals surface area contributed by atoms with Crippen LogP contribution in [-0.2, 0) is 19.4 Å². The van der Waals surface area contributed by atoms with Gasteiger partial charge in [-0.05, 0) is 61.4 Å². The maximum absolute atomic E-state index is 12.5. The van der Waals surface area contributed by atoms with Gasteiger partial charge in [0.15, 0.2) is 9.84 Å². The van der Waals surface area contributed by atoms with Crippen molar-refractivity contribution in [2.75, 3.05) is 31.4 Å². The SMILES string of the molecule is C=CC(=O)OCCCCCCS(=O)(=O)c1ccc(N=Nc2ccc(N(C)C)cc2)cc1. The molecule has 0 saturated heterocycles. The Balaban J connectivity index is 1.81. The van der Waals surface area contributed by atoms with Crippen molar-refractivity contribution in [2.45, 2.75) is 30.6 Å². The van der Waals surface area contributed by atoms with Gasteiger partial charge in [0, 0.05) is 25.9 Å². The lowest BCUT2D eigenvalue weighted by atomic mass is 10.2. The Kier molecular flexibility index (Phi) is 9.40. The minimum Gasteiger partial charge on any atom is -0.463 e. The predicted molar refractivity (Wildman–Crippen MR) is 123 cm³/mol. The van der Waals surface area contributed by atoms with Crippen LogP contribution in [-0.4, -0.2) is 40.8 Å². The van der Waals surface area contributed by atoms with E-state index >= 15 is 0 Å². The van der Waals surface area contributed by atoms with Gasteiger partial charge in [-0.15, -0.1) is 0 Å². The summed E-state index contributed by atoms with van der Waals surface area (Å²) in [6, 6.07) is 14.1. The first-order valence-electron chi connectivity index (χ1n) is 10.1. The van der Waals surface area contributed by atoms with E-state index in [0.29, 0.717) is 25.1 Å². The molecule has 0 aliphatic carbocycles. The molecule has 0 N–H and O–H groups in total. The molecule has 166 valence electrons. The molecular formula is C23H29N3O4S. The van der Waals surface area contributed by atoms with Crippen molar-refractivity contribution in [1.82, 2.24) is 0 Å². The summed E-state index contributed by atoms with van der Waals surface area (Å²) in [6.07, 6.45) is 3.94. The van der Waals surface area contributed by atoms with Crippen LogP contribution in [0.15, 0.2) is 76.3 Å². The zero-order valence-corrected chi connectivity index (χ0v) is 18.8. The molecule has 0 amide bonds. The number of hydrogen-bond donors (Lipinski definition) is 0. The second-order valence-corrected chi connectivity index (χ2v) is 9.32. The molecule has 0 bridgehead atoms. The van der Waals surface area contributed by atoms with E-state index in [9.17, 15) is 13.2 Å². The van der Waals surface area contributed by atoms with Crippen molar-refractivity contribution in [1.29, 1.82) is 0 Å². The Morgan fingerprint density at radius 2 is 1.48 bits per heavy atom. The highest BCUT2D eigenvalue weighted by molar-refractivity contribution is 7.91. The highest BCUT2D eigenvalue weighted by atomic mass is 32.2. The summed E-state index contributed by atoms with van der Waals surface area (Å²) in [5, 5.41) is 8.36. The minimum atomic E-state index is -3.34. The summed E-state index contributed by atoms with van der Waals surface area (Å²) in [6.45, 7) is 3.66. The van der Waals surface area contributed by atoms with Gasteiger partial charge < -0.3 is 9.64 Å². The number of sulfone groups is 1. The van der Waals surface area contributed by atoms with Gasteiger partial charge in [0.05, 0.1) is 28.6 Å². The van der Waals surface area contributed by atoms with Crippen molar-refractivity contribution in [3.63, 3.8) is 0 Å². The third-order valence-corrected chi connectivity index (χ3v) is 6.38. The highest BCUT2D eigenvalue weighted by Crippen LogP contribution is 2.23. The van der Waals surface area contributed by atoms with E-state index in [1.165, 1.54) is 0 Å². The van der Waals surface area contributed by atoms with E-state index < -0.39 is 15.8 Å². The third kappa shape index (κ3) is 8.33. The first kappa shape index (κ1) is 24.3. The second-order valence-electron chi connectivity index (χ2n) is 7.21. The van der Waals surface area contributed by atoms with E-state index in [1.54, 1.807) is 24.3 Å². The van der Waals surface area contributed by atoms with Gasteiger partial charge in [0.1, 0.15) is 0 Å². The molecule has 2 rings (SSSR count). The molecule has 0 radical (unpaired) electrons. The van der Waals surface area contributed by atoms with Gasteiger partial charge in [-0.25, -0.2) is 13.2 Å². The molecule has 31 heavy (non-hydrogen) atoms. The monoisotopic (exact) mass is 443 g/mol.